The van der Waals surface area contributed by atoms with Crippen molar-refractivity contribution in [3.8, 4) is 0 Å². The highest BCUT2D eigenvalue weighted by atomic mass is 32.2. The van der Waals surface area contributed by atoms with Crippen molar-refractivity contribution in [1.29, 1.82) is 0 Å². The maximum atomic E-state index is 13.9. The van der Waals surface area contributed by atoms with Crippen LogP contribution in [-0.2, 0) is 19.9 Å². The second-order valence-corrected chi connectivity index (χ2v) is 9.58. The number of nitrogens with zero attached hydrogens (tertiary/aromatic N) is 1. The van der Waals surface area contributed by atoms with Gasteiger partial charge in [-0.05, 0) is 31.4 Å². The lowest BCUT2D eigenvalue weighted by atomic mass is 10.3. The van der Waals surface area contributed by atoms with Crippen LogP contribution >= 0.6 is 11.8 Å². The monoisotopic (exact) mass is 355 g/mol. The second-order valence-electron chi connectivity index (χ2n) is 4.69. The molecule has 1 atom stereocenters. The average Bonchev–Trinajstić information content (AvgIpc) is 2.36. The first-order valence-electron chi connectivity index (χ1n) is 5.98. The lowest BCUT2D eigenvalue weighted by Crippen LogP contribution is -2.37. The van der Waals surface area contributed by atoms with Crippen molar-refractivity contribution in [2.75, 3.05) is 25.3 Å². The summed E-state index contributed by atoms with van der Waals surface area (Å²) in [5.74, 6) is -0.422. The minimum Gasteiger partial charge on any atom is -0.224 e. The Morgan fingerprint density at radius 3 is 2.33 bits per heavy atom. The van der Waals surface area contributed by atoms with Crippen LogP contribution in [0.5, 0.6) is 0 Å². The summed E-state index contributed by atoms with van der Waals surface area (Å²) < 4.78 is 62.8. The molecule has 0 fully saturated rings. The third-order valence-electron chi connectivity index (χ3n) is 3.02. The lowest BCUT2D eigenvalue weighted by Gasteiger charge is -2.24. The van der Waals surface area contributed by atoms with E-state index < -0.39 is 30.6 Å². The molecule has 1 unspecified atom stereocenters. The molecular formula is C12H18FNO4S3. The minimum absolute atomic E-state index is 0.228. The molecule has 9 heteroatoms. The Morgan fingerprint density at radius 1 is 1.29 bits per heavy atom. The number of benzene rings is 1. The van der Waals surface area contributed by atoms with Gasteiger partial charge in [0.1, 0.15) is 10.7 Å². The van der Waals surface area contributed by atoms with E-state index in [1.165, 1.54) is 18.8 Å². The van der Waals surface area contributed by atoms with Gasteiger partial charge in [0.05, 0.1) is 4.90 Å². The smallest absolute Gasteiger partial charge is 0.224 e. The van der Waals surface area contributed by atoms with Crippen molar-refractivity contribution >= 4 is 31.6 Å². The molecule has 1 rings (SSSR count). The molecule has 0 aromatic heterocycles. The highest BCUT2D eigenvalue weighted by Gasteiger charge is 2.29. The van der Waals surface area contributed by atoms with Gasteiger partial charge in [-0.15, -0.1) is 0 Å². The first-order chi connectivity index (χ1) is 9.51. The van der Waals surface area contributed by atoms with Crippen LogP contribution in [0.15, 0.2) is 28.0 Å². The molecule has 0 bridgehead atoms. The Morgan fingerprint density at radius 2 is 1.86 bits per heavy atom. The van der Waals surface area contributed by atoms with E-state index in [-0.39, 0.29) is 10.9 Å². The number of thioether (sulfide) groups is 1. The van der Waals surface area contributed by atoms with Crippen LogP contribution in [0.4, 0.5) is 4.39 Å². The Kier molecular flexibility index (Phi) is 5.82. The van der Waals surface area contributed by atoms with E-state index >= 15 is 0 Å². The number of halogens is 1. The van der Waals surface area contributed by atoms with E-state index in [1.807, 2.05) is 6.26 Å². The number of sulfone groups is 1. The Bertz CT molecular complexity index is 716. The molecule has 120 valence electrons. The molecule has 0 saturated carbocycles. The zero-order valence-electron chi connectivity index (χ0n) is 12.2. The lowest BCUT2D eigenvalue weighted by molar-refractivity contribution is 0.411. The summed E-state index contributed by atoms with van der Waals surface area (Å²) in [7, 11) is -6.36. The molecular weight excluding hydrogens is 337 g/mol. The number of sulfonamides is 1. The van der Waals surface area contributed by atoms with Crippen LogP contribution in [0, 0.1) is 5.82 Å². The Balaban J connectivity index is 3.38. The second kappa shape index (κ2) is 6.64. The van der Waals surface area contributed by atoms with E-state index in [2.05, 4.69) is 0 Å². The van der Waals surface area contributed by atoms with Gasteiger partial charge < -0.3 is 0 Å². The summed E-state index contributed by atoms with van der Waals surface area (Å²) in [5, 5.41) is 0. The highest BCUT2D eigenvalue weighted by Crippen LogP contribution is 2.24. The minimum atomic E-state index is -4.09. The van der Waals surface area contributed by atoms with Gasteiger partial charge in [0.25, 0.3) is 0 Å². The first-order valence-corrected chi connectivity index (χ1v) is 10.7. The normalized spacial score (nSPS) is 14.4. The third-order valence-corrected chi connectivity index (χ3v) is 6.93. The number of rotatable bonds is 6. The largest absolute Gasteiger partial charge is 0.246 e. The van der Waals surface area contributed by atoms with Crippen LogP contribution in [-0.4, -0.2) is 52.5 Å². The quantitative estimate of drug-likeness (QED) is 0.725. The number of hydrogen-bond donors (Lipinski definition) is 0. The fourth-order valence-corrected chi connectivity index (χ4v) is 4.62. The summed E-state index contributed by atoms with van der Waals surface area (Å²) in [6.45, 7) is 1.70. The molecule has 1 aromatic rings. The summed E-state index contributed by atoms with van der Waals surface area (Å²) in [5.41, 5.74) is 0. The van der Waals surface area contributed by atoms with Crippen molar-refractivity contribution in [1.82, 2.24) is 4.31 Å². The number of hydrogen-bond acceptors (Lipinski definition) is 5. The molecule has 0 amide bonds. The fourth-order valence-electron chi connectivity index (χ4n) is 1.65. The van der Waals surface area contributed by atoms with Gasteiger partial charge in [-0.3, -0.25) is 0 Å². The van der Waals surface area contributed by atoms with Crippen molar-refractivity contribution in [2.45, 2.75) is 22.8 Å². The summed E-state index contributed by atoms with van der Waals surface area (Å²) in [6, 6.07) is 2.43. The van der Waals surface area contributed by atoms with Crippen LogP contribution in [0.25, 0.3) is 0 Å². The zero-order chi connectivity index (χ0) is 16.4. The predicted octanol–water partition coefficient (Wildman–Crippen LogP) is 1.60. The molecule has 0 aliphatic rings. The molecule has 0 saturated heterocycles. The highest BCUT2D eigenvalue weighted by molar-refractivity contribution is 7.98. The molecule has 0 aliphatic carbocycles. The van der Waals surface area contributed by atoms with E-state index in [1.54, 1.807) is 6.92 Å². The van der Waals surface area contributed by atoms with Gasteiger partial charge in [0.15, 0.2) is 9.84 Å². The molecule has 0 aliphatic heterocycles. The van der Waals surface area contributed by atoms with Crippen molar-refractivity contribution in [3.05, 3.63) is 24.0 Å². The predicted molar refractivity (Wildman–Crippen MR) is 82.3 cm³/mol. The standard InChI is InChI=1S/C12H18FNO4S3/c1-9(8-19-3)14(2)21(17,18)12-7-10(20(4,15)16)5-6-11(12)13/h5-7,9H,8H2,1-4H3. The Hall–Kier alpha value is -0.640. The maximum Gasteiger partial charge on any atom is 0.246 e. The van der Waals surface area contributed by atoms with Crippen LogP contribution in [0.2, 0.25) is 0 Å². The maximum absolute atomic E-state index is 13.9. The summed E-state index contributed by atoms with van der Waals surface area (Å²) in [6.07, 6.45) is 2.78. The molecule has 1 aromatic carbocycles. The van der Waals surface area contributed by atoms with Gasteiger partial charge in [-0.25, -0.2) is 21.2 Å². The van der Waals surface area contributed by atoms with E-state index in [0.717, 1.165) is 28.8 Å². The zero-order valence-corrected chi connectivity index (χ0v) is 14.6. The SMILES string of the molecule is CSCC(C)N(C)S(=O)(=O)c1cc(S(C)(=O)=O)ccc1F. The Labute approximate surface area is 129 Å². The molecule has 0 radical (unpaired) electrons. The third kappa shape index (κ3) is 4.18. The fraction of sp³-hybridized carbons (Fsp3) is 0.500. The van der Waals surface area contributed by atoms with Gasteiger partial charge in [0.2, 0.25) is 10.0 Å². The van der Waals surface area contributed by atoms with Crippen molar-refractivity contribution in [3.63, 3.8) is 0 Å². The van der Waals surface area contributed by atoms with Gasteiger partial charge in [-0.1, -0.05) is 0 Å². The van der Waals surface area contributed by atoms with Crippen molar-refractivity contribution in [2.24, 2.45) is 0 Å². The van der Waals surface area contributed by atoms with Crippen LogP contribution < -0.4 is 0 Å². The van der Waals surface area contributed by atoms with Crippen LogP contribution in [0.1, 0.15) is 6.92 Å². The summed E-state index contributed by atoms with van der Waals surface area (Å²) in [4.78, 5) is -0.853. The molecule has 5 nitrogen and oxygen atoms in total. The average molecular weight is 355 g/mol. The molecule has 0 spiro atoms. The van der Waals surface area contributed by atoms with Gasteiger partial charge in [-0.2, -0.15) is 16.1 Å². The first kappa shape index (κ1) is 18.4. The van der Waals surface area contributed by atoms with Gasteiger partial charge >= 0.3 is 0 Å². The molecule has 21 heavy (non-hydrogen) atoms. The molecule has 0 heterocycles. The van der Waals surface area contributed by atoms with E-state index in [9.17, 15) is 21.2 Å². The van der Waals surface area contributed by atoms with Crippen LogP contribution in [0.3, 0.4) is 0 Å². The van der Waals surface area contributed by atoms with E-state index in [0.29, 0.717) is 5.75 Å². The van der Waals surface area contributed by atoms with Crippen molar-refractivity contribution < 1.29 is 21.2 Å². The topological polar surface area (TPSA) is 71.5 Å². The van der Waals surface area contributed by atoms with Gasteiger partial charge in [0, 0.05) is 25.1 Å². The summed E-state index contributed by atoms with van der Waals surface area (Å²) >= 11 is 1.47. The molecule has 0 N–H and O–H groups in total. The van der Waals surface area contributed by atoms with E-state index in [4.69, 9.17) is 0 Å².